The summed E-state index contributed by atoms with van der Waals surface area (Å²) in [5.41, 5.74) is 0.591. The zero-order chi connectivity index (χ0) is 18.4. The van der Waals surface area contributed by atoms with Crippen LogP contribution in [0.2, 0.25) is 5.02 Å². The molecule has 7 heteroatoms. The molecule has 0 radical (unpaired) electrons. The third-order valence-electron chi connectivity index (χ3n) is 4.17. The van der Waals surface area contributed by atoms with Crippen LogP contribution in [-0.2, 0) is 4.79 Å². The van der Waals surface area contributed by atoms with Crippen LogP contribution in [0.4, 0.5) is 5.69 Å². The van der Waals surface area contributed by atoms with Crippen molar-refractivity contribution in [1.29, 1.82) is 0 Å². The first kappa shape index (κ1) is 18.5. The van der Waals surface area contributed by atoms with Crippen LogP contribution in [0.15, 0.2) is 42.6 Å². The summed E-state index contributed by atoms with van der Waals surface area (Å²) in [6.07, 6.45) is 3.77. The number of piperidine rings is 1. The summed E-state index contributed by atoms with van der Waals surface area (Å²) in [4.78, 5) is 18.5. The maximum atomic E-state index is 12.0. The van der Waals surface area contributed by atoms with Crippen LogP contribution in [0.5, 0.6) is 11.6 Å². The van der Waals surface area contributed by atoms with Gasteiger partial charge in [0.05, 0.1) is 16.9 Å². The van der Waals surface area contributed by atoms with E-state index in [1.807, 2.05) is 0 Å². The normalized spacial score (nSPS) is 15.5. The zero-order valence-electron chi connectivity index (χ0n) is 14.7. The average Bonchev–Trinajstić information content (AvgIpc) is 2.64. The lowest BCUT2D eigenvalue weighted by molar-refractivity contribution is -0.118. The molecule has 0 saturated carbocycles. The summed E-state index contributed by atoms with van der Waals surface area (Å²) in [5.74, 6) is 0.768. The number of likely N-dealkylation sites (tertiary alicyclic amines) is 1. The number of halogens is 1. The minimum Gasteiger partial charge on any atom is -0.482 e. The number of nitrogens with one attached hydrogen (secondary N) is 1. The fraction of sp³-hybridized carbons (Fsp3) is 0.368. The monoisotopic (exact) mass is 375 g/mol. The second-order valence-electron chi connectivity index (χ2n) is 6.27. The van der Waals surface area contributed by atoms with Gasteiger partial charge in [-0.25, -0.2) is 4.98 Å². The Bertz CT molecular complexity index is 731. The number of ether oxygens (including phenoxy) is 2. The molecule has 1 saturated heterocycles. The molecule has 138 valence electrons. The van der Waals surface area contributed by atoms with Crippen LogP contribution in [0.1, 0.15) is 12.8 Å². The topological polar surface area (TPSA) is 63.7 Å². The van der Waals surface area contributed by atoms with Crippen molar-refractivity contribution in [3.05, 3.63) is 47.6 Å². The Balaban J connectivity index is 1.46. The Morgan fingerprint density at radius 2 is 2.04 bits per heavy atom. The molecule has 1 aromatic carbocycles. The van der Waals surface area contributed by atoms with E-state index in [4.69, 9.17) is 21.1 Å². The number of carbonyl (C=O) groups excluding carboxylic acids is 1. The van der Waals surface area contributed by atoms with Crippen molar-refractivity contribution in [1.82, 2.24) is 9.88 Å². The third kappa shape index (κ3) is 5.34. The van der Waals surface area contributed by atoms with Crippen molar-refractivity contribution in [3.8, 4) is 11.6 Å². The van der Waals surface area contributed by atoms with Gasteiger partial charge in [0.2, 0.25) is 5.88 Å². The number of aromatic nitrogens is 1. The van der Waals surface area contributed by atoms with Crippen molar-refractivity contribution >= 4 is 23.2 Å². The Morgan fingerprint density at radius 3 is 2.73 bits per heavy atom. The summed E-state index contributed by atoms with van der Waals surface area (Å²) in [5, 5.41) is 3.21. The molecule has 2 heterocycles. The smallest absolute Gasteiger partial charge is 0.262 e. The largest absolute Gasteiger partial charge is 0.482 e. The summed E-state index contributed by atoms with van der Waals surface area (Å²) in [6.45, 7) is 1.94. The molecule has 26 heavy (non-hydrogen) atoms. The number of pyridine rings is 1. The molecule has 1 amide bonds. The fourth-order valence-corrected chi connectivity index (χ4v) is 2.89. The standard InChI is InChI=1S/C19H22ClN3O3/c1-23-10-8-15(9-11-23)26-19-7-6-14(12-21-19)22-18(24)13-25-17-5-3-2-4-16(17)20/h2-7,12,15H,8-11,13H2,1H3,(H,22,24). The predicted molar refractivity (Wildman–Crippen MR) is 101 cm³/mol. The predicted octanol–water partition coefficient (Wildman–Crippen LogP) is 3.23. The number of anilines is 1. The molecule has 2 aromatic rings. The molecule has 0 atom stereocenters. The molecular formula is C19H22ClN3O3. The van der Waals surface area contributed by atoms with E-state index in [-0.39, 0.29) is 18.6 Å². The fourth-order valence-electron chi connectivity index (χ4n) is 2.70. The van der Waals surface area contributed by atoms with E-state index >= 15 is 0 Å². The van der Waals surface area contributed by atoms with Crippen molar-refractivity contribution < 1.29 is 14.3 Å². The number of hydrogen-bond donors (Lipinski definition) is 1. The van der Waals surface area contributed by atoms with Crippen LogP contribution in [0.25, 0.3) is 0 Å². The first-order valence-electron chi connectivity index (χ1n) is 8.58. The van der Waals surface area contributed by atoms with E-state index in [1.54, 1.807) is 42.6 Å². The molecule has 1 fully saturated rings. The number of nitrogens with zero attached hydrogens (tertiary/aromatic N) is 2. The van der Waals surface area contributed by atoms with Gasteiger partial charge in [0.15, 0.2) is 6.61 Å². The molecule has 6 nitrogen and oxygen atoms in total. The Hall–Kier alpha value is -2.31. The van der Waals surface area contributed by atoms with Gasteiger partial charge in [0, 0.05) is 19.2 Å². The highest BCUT2D eigenvalue weighted by atomic mass is 35.5. The summed E-state index contributed by atoms with van der Waals surface area (Å²) in [6, 6.07) is 10.6. The number of carbonyl (C=O) groups is 1. The minimum absolute atomic E-state index is 0.127. The lowest BCUT2D eigenvalue weighted by Gasteiger charge is -2.28. The number of hydrogen-bond acceptors (Lipinski definition) is 5. The second kappa shape index (κ2) is 8.87. The zero-order valence-corrected chi connectivity index (χ0v) is 15.4. The molecule has 3 rings (SSSR count). The van der Waals surface area contributed by atoms with E-state index in [9.17, 15) is 4.79 Å². The van der Waals surface area contributed by atoms with E-state index in [0.29, 0.717) is 22.3 Å². The number of benzene rings is 1. The van der Waals surface area contributed by atoms with Crippen molar-refractivity contribution in [2.24, 2.45) is 0 Å². The number of para-hydroxylation sites is 1. The van der Waals surface area contributed by atoms with Gasteiger partial charge in [0.25, 0.3) is 5.91 Å². The molecule has 0 aliphatic carbocycles. The summed E-state index contributed by atoms with van der Waals surface area (Å²) >= 11 is 5.99. The van der Waals surface area contributed by atoms with Gasteiger partial charge in [-0.1, -0.05) is 23.7 Å². The quantitative estimate of drug-likeness (QED) is 0.839. The van der Waals surface area contributed by atoms with Crippen LogP contribution < -0.4 is 14.8 Å². The SMILES string of the molecule is CN1CCC(Oc2ccc(NC(=O)COc3ccccc3Cl)cn2)CC1. The molecule has 0 unspecified atom stereocenters. The summed E-state index contributed by atoms with van der Waals surface area (Å²) < 4.78 is 11.3. The molecule has 0 spiro atoms. The van der Waals surface area contributed by atoms with E-state index < -0.39 is 0 Å². The van der Waals surface area contributed by atoms with Gasteiger partial charge in [0.1, 0.15) is 11.9 Å². The van der Waals surface area contributed by atoms with Crippen LogP contribution >= 0.6 is 11.6 Å². The van der Waals surface area contributed by atoms with Gasteiger partial charge >= 0.3 is 0 Å². The molecule has 1 aromatic heterocycles. The van der Waals surface area contributed by atoms with E-state index in [1.165, 1.54) is 0 Å². The van der Waals surface area contributed by atoms with Crippen molar-refractivity contribution in [3.63, 3.8) is 0 Å². The van der Waals surface area contributed by atoms with Gasteiger partial charge in [-0.3, -0.25) is 4.79 Å². The average molecular weight is 376 g/mol. The second-order valence-corrected chi connectivity index (χ2v) is 6.68. The number of rotatable bonds is 6. The van der Waals surface area contributed by atoms with Gasteiger partial charge < -0.3 is 19.7 Å². The number of amides is 1. The molecule has 0 bridgehead atoms. The molecular weight excluding hydrogens is 354 g/mol. The lowest BCUT2D eigenvalue weighted by atomic mass is 10.1. The van der Waals surface area contributed by atoms with Gasteiger partial charge in [-0.15, -0.1) is 0 Å². The van der Waals surface area contributed by atoms with Crippen LogP contribution in [-0.4, -0.2) is 48.6 Å². The van der Waals surface area contributed by atoms with E-state index in [2.05, 4.69) is 22.2 Å². The maximum Gasteiger partial charge on any atom is 0.262 e. The van der Waals surface area contributed by atoms with Gasteiger partial charge in [-0.2, -0.15) is 0 Å². The first-order chi connectivity index (χ1) is 12.6. The molecule has 1 aliphatic heterocycles. The highest BCUT2D eigenvalue weighted by Crippen LogP contribution is 2.23. The first-order valence-corrected chi connectivity index (χ1v) is 8.96. The Morgan fingerprint density at radius 1 is 1.27 bits per heavy atom. The molecule has 1 N–H and O–H groups in total. The van der Waals surface area contributed by atoms with Crippen molar-refractivity contribution in [2.45, 2.75) is 18.9 Å². The Kier molecular flexibility index (Phi) is 6.30. The van der Waals surface area contributed by atoms with Gasteiger partial charge in [-0.05, 0) is 38.1 Å². The van der Waals surface area contributed by atoms with Crippen LogP contribution in [0.3, 0.4) is 0 Å². The lowest BCUT2D eigenvalue weighted by Crippen LogP contribution is -2.35. The minimum atomic E-state index is -0.282. The molecule has 1 aliphatic rings. The Labute approximate surface area is 158 Å². The third-order valence-corrected chi connectivity index (χ3v) is 4.48. The highest BCUT2D eigenvalue weighted by Gasteiger charge is 2.18. The van der Waals surface area contributed by atoms with E-state index in [0.717, 1.165) is 25.9 Å². The summed E-state index contributed by atoms with van der Waals surface area (Å²) in [7, 11) is 2.11. The van der Waals surface area contributed by atoms with Crippen LogP contribution in [0, 0.1) is 0 Å². The maximum absolute atomic E-state index is 12.0. The van der Waals surface area contributed by atoms with Crippen molar-refractivity contribution in [2.75, 3.05) is 32.1 Å². The highest BCUT2D eigenvalue weighted by molar-refractivity contribution is 6.32.